The number of rotatable bonds is 4. The molecule has 0 spiro atoms. The second kappa shape index (κ2) is 5.18. The number of non-ortho nitro benzene ring substituents is 1. The maximum Gasteiger partial charge on any atom is 0.272 e. The van der Waals surface area contributed by atoms with E-state index in [9.17, 15) is 14.5 Å². The van der Waals surface area contributed by atoms with Gasteiger partial charge in [0.15, 0.2) is 5.82 Å². The van der Waals surface area contributed by atoms with Crippen molar-refractivity contribution in [3.8, 4) is 6.07 Å². The number of nitro groups is 1. The van der Waals surface area contributed by atoms with E-state index in [0.29, 0.717) is 5.76 Å². The predicted octanol–water partition coefficient (Wildman–Crippen LogP) is 2.81. The van der Waals surface area contributed by atoms with Crippen LogP contribution >= 0.6 is 0 Å². The standard InChI is InChI=1S/C12H8FN3O3/c13-11-5-8(16(17)18)1-4-12(11)15-7-10-3-2-9(6-14)19-10/h1-5,15H,7H2. The van der Waals surface area contributed by atoms with Gasteiger partial charge >= 0.3 is 0 Å². The van der Waals surface area contributed by atoms with E-state index in [0.717, 1.165) is 6.07 Å². The first kappa shape index (κ1) is 12.6. The fourth-order valence-electron chi connectivity index (χ4n) is 1.48. The molecule has 1 aromatic heterocycles. The van der Waals surface area contributed by atoms with Gasteiger partial charge in [-0.15, -0.1) is 0 Å². The van der Waals surface area contributed by atoms with E-state index in [1.165, 1.54) is 18.2 Å². The summed E-state index contributed by atoms with van der Waals surface area (Å²) in [6.45, 7) is 0.177. The van der Waals surface area contributed by atoms with Crippen LogP contribution < -0.4 is 5.32 Å². The molecule has 0 radical (unpaired) electrons. The summed E-state index contributed by atoms with van der Waals surface area (Å²) in [5.74, 6) is -0.0865. The fourth-order valence-corrected chi connectivity index (χ4v) is 1.48. The highest BCUT2D eigenvalue weighted by atomic mass is 19.1. The molecule has 1 heterocycles. The molecule has 0 fully saturated rings. The molecule has 1 N–H and O–H groups in total. The van der Waals surface area contributed by atoms with Crippen molar-refractivity contribution in [2.24, 2.45) is 0 Å². The van der Waals surface area contributed by atoms with Gasteiger partial charge in [0, 0.05) is 6.07 Å². The molecular weight excluding hydrogens is 253 g/mol. The van der Waals surface area contributed by atoms with E-state index in [1.54, 1.807) is 6.07 Å². The zero-order chi connectivity index (χ0) is 13.8. The van der Waals surface area contributed by atoms with Crippen LogP contribution in [0.5, 0.6) is 0 Å². The maximum atomic E-state index is 13.5. The Morgan fingerprint density at radius 1 is 1.42 bits per heavy atom. The smallest absolute Gasteiger partial charge is 0.272 e. The number of nitro benzene ring substituents is 1. The summed E-state index contributed by atoms with van der Waals surface area (Å²) in [6.07, 6.45) is 0. The molecule has 0 amide bonds. The zero-order valence-corrected chi connectivity index (χ0v) is 9.59. The minimum atomic E-state index is -0.721. The minimum Gasteiger partial charge on any atom is -0.449 e. The SMILES string of the molecule is N#Cc1ccc(CNc2ccc([N+](=O)[O-])cc2F)o1. The number of nitriles is 1. The van der Waals surface area contributed by atoms with Crippen LogP contribution in [0.2, 0.25) is 0 Å². The Bertz CT molecular complexity index is 660. The van der Waals surface area contributed by atoms with Gasteiger partial charge in [-0.2, -0.15) is 5.26 Å². The average molecular weight is 261 g/mol. The Balaban J connectivity index is 2.07. The molecule has 6 nitrogen and oxygen atoms in total. The fraction of sp³-hybridized carbons (Fsp3) is 0.0833. The van der Waals surface area contributed by atoms with Crippen molar-refractivity contribution in [2.75, 3.05) is 5.32 Å². The summed E-state index contributed by atoms with van der Waals surface area (Å²) in [6, 6.07) is 8.25. The van der Waals surface area contributed by atoms with Crippen molar-refractivity contribution in [3.05, 3.63) is 57.8 Å². The Morgan fingerprint density at radius 3 is 2.79 bits per heavy atom. The first-order valence-electron chi connectivity index (χ1n) is 5.27. The lowest BCUT2D eigenvalue weighted by molar-refractivity contribution is -0.385. The van der Waals surface area contributed by atoms with Gasteiger partial charge in [-0.25, -0.2) is 4.39 Å². The predicted molar refractivity (Wildman–Crippen MR) is 63.8 cm³/mol. The third-order valence-electron chi connectivity index (χ3n) is 2.39. The van der Waals surface area contributed by atoms with Crippen molar-refractivity contribution in [2.45, 2.75) is 6.54 Å². The van der Waals surface area contributed by atoms with Gasteiger partial charge in [0.1, 0.15) is 11.8 Å². The lowest BCUT2D eigenvalue weighted by Gasteiger charge is -2.05. The molecule has 0 atom stereocenters. The van der Waals surface area contributed by atoms with E-state index in [-0.39, 0.29) is 23.7 Å². The Kier molecular flexibility index (Phi) is 3.43. The van der Waals surface area contributed by atoms with Gasteiger partial charge in [-0.3, -0.25) is 10.1 Å². The lowest BCUT2D eigenvalue weighted by atomic mass is 10.2. The van der Waals surface area contributed by atoms with Gasteiger partial charge in [0.2, 0.25) is 5.76 Å². The molecule has 2 aromatic rings. The van der Waals surface area contributed by atoms with Gasteiger partial charge in [0.05, 0.1) is 23.2 Å². The highest BCUT2D eigenvalue weighted by molar-refractivity contribution is 5.50. The molecule has 96 valence electrons. The summed E-state index contributed by atoms with van der Waals surface area (Å²) in [7, 11) is 0. The second-order valence-corrected chi connectivity index (χ2v) is 3.65. The van der Waals surface area contributed by atoms with Crippen molar-refractivity contribution in [1.82, 2.24) is 0 Å². The molecule has 2 rings (SSSR count). The number of halogens is 1. The second-order valence-electron chi connectivity index (χ2n) is 3.65. The number of benzene rings is 1. The third kappa shape index (κ3) is 2.87. The summed E-state index contributed by atoms with van der Waals surface area (Å²) in [5.41, 5.74) is -0.187. The Hall–Kier alpha value is -2.88. The van der Waals surface area contributed by atoms with Crippen LogP contribution in [0.4, 0.5) is 15.8 Å². The van der Waals surface area contributed by atoms with Crippen molar-refractivity contribution in [1.29, 1.82) is 5.26 Å². The first-order chi connectivity index (χ1) is 9.10. The largest absolute Gasteiger partial charge is 0.449 e. The number of hydrogen-bond donors (Lipinski definition) is 1. The number of nitrogens with zero attached hydrogens (tertiary/aromatic N) is 2. The van der Waals surface area contributed by atoms with E-state index >= 15 is 0 Å². The van der Waals surface area contributed by atoms with Gasteiger partial charge < -0.3 is 9.73 Å². The molecule has 0 aliphatic carbocycles. The summed E-state index contributed by atoms with van der Waals surface area (Å²) < 4.78 is 18.6. The molecule has 0 unspecified atom stereocenters. The zero-order valence-electron chi connectivity index (χ0n) is 9.59. The van der Waals surface area contributed by atoms with Crippen LogP contribution in [0.25, 0.3) is 0 Å². The number of nitrogens with one attached hydrogen (secondary N) is 1. The molecule has 7 heteroatoms. The van der Waals surface area contributed by atoms with E-state index in [4.69, 9.17) is 9.68 Å². The summed E-state index contributed by atoms with van der Waals surface area (Å²) in [5, 5.41) is 21.8. The Morgan fingerprint density at radius 2 is 2.21 bits per heavy atom. The molecule has 19 heavy (non-hydrogen) atoms. The van der Waals surface area contributed by atoms with Crippen LogP contribution in [0.1, 0.15) is 11.5 Å². The molecule has 0 aliphatic rings. The van der Waals surface area contributed by atoms with Gasteiger partial charge in [-0.05, 0) is 18.2 Å². The van der Waals surface area contributed by atoms with Crippen LogP contribution in [0.15, 0.2) is 34.7 Å². The Labute approximate surface area is 107 Å². The third-order valence-corrected chi connectivity index (χ3v) is 2.39. The van der Waals surface area contributed by atoms with Gasteiger partial charge in [0.25, 0.3) is 5.69 Å². The van der Waals surface area contributed by atoms with Crippen LogP contribution in [0, 0.1) is 27.3 Å². The van der Waals surface area contributed by atoms with Crippen molar-refractivity contribution in [3.63, 3.8) is 0 Å². The molecule has 0 aliphatic heterocycles. The van der Waals surface area contributed by atoms with Crippen molar-refractivity contribution < 1.29 is 13.7 Å². The van der Waals surface area contributed by atoms with Crippen molar-refractivity contribution >= 4 is 11.4 Å². The molecule has 0 saturated heterocycles. The highest BCUT2D eigenvalue weighted by Gasteiger charge is 2.10. The molecule has 1 aromatic carbocycles. The average Bonchev–Trinajstić information content (AvgIpc) is 2.85. The normalized spacial score (nSPS) is 9.89. The quantitative estimate of drug-likeness (QED) is 0.674. The summed E-state index contributed by atoms with van der Waals surface area (Å²) in [4.78, 5) is 9.78. The van der Waals surface area contributed by atoms with Crippen LogP contribution in [-0.2, 0) is 6.54 Å². The number of anilines is 1. The summed E-state index contributed by atoms with van der Waals surface area (Å²) >= 11 is 0. The topological polar surface area (TPSA) is 92.1 Å². The van der Waals surface area contributed by atoms with Crippen LogP contribution in [0.3, 0.4) is 0 Å². The van der Waals surface area contributed by atoms with E-state index in [2.05, 4.69) is 5.32 Å². The van der Waals surface area contributed by atoms with E-state index in [1.807, 2.05) is 6.07 Å². The van der Waals surface area contributed by atoms with Crippen LogP contribution in [-0.4, -0.2) is 4.92 Å². The van der Waals surface area contributed by atoms with E-state index < -0.39 is 10.7 Å². The maximum absolute atomic E-state index is 13.5. The monoisotopic (exact) mass is 261 g/mol. The lowest BCUT2D eigenvalue weighted by Crippen LogP contribution is -2.01. The molecule has 0 saturated carbocycles. The minimum absolute atomic E-state index is 0.125. The number of furan rings is 1. The highest BCUT2D eigenvalue weighted by Crippen LogP contribution is 2.21. The molecule has 0 bridgehead atoms. The number of hydrogen-bond acceptors (Lipinski definition) is 5. The first-order valence-corrected chi connectivity index (χ1v) is 5.27. The van der Waals surface area contributed by atoms with Gasteiger partial charge in [-0.1, -0.05) is 0 Å². The molecular formula is C12H8FN3O3.